The van der Waals surface area contributed by atoms with Gasteiger partial charge in [0.2, 0.25) is 0 Å². The van der Waals surface area contributed by atoms with Crippen molar-refractivity contribution in [3.63, 3.8) is 0 Å². The van der Waals surface area contributed by atoms with E-state index in [4.69, 9.17) is 4.74 Å². The molecule has 20 heavy (non-hydrogen) atoms. The number of halogens is 1. The molecule has 5 nitrogen and oxygen atoms in total. The minimum Gasteiger partial charge on any atom is -0.504 e. The molecule has 104 valence electrons. The Bertz CT molecular complexity index is 658. The molecule has 2 aromatic carbocycles. The number of hydrogen-bond donors (Lipinski definition) is 3. The first-order chi connectivity index (χ1) is 9.51. The zero-order valence-electron chi connectivity index (χ0n) is 10.6. The fraction of sp³-hybridized carbons (Fsp3) is 0.0714. The van der Waals surface area contributed by atoms with Crippen LogP contribution in [0.2, 0.25) is 0 Å². The number of ether oxygens (including phenoxy) is 1. The molecule has 2 aromatic rings. The van der Waals surface area contributed by atoms with E-state index in [1.165, 1.54) is 18.2 Å². The first-order valence-corrected chi connectivity index (χ1v) is 6.47. The van der Waals surface area contributed by atoms with Crippen LogP contribution in [0.5, 0.6) is 17.2 Å². The molecule has 0 saturated carbocycles. The maximum atomic E-state index is 12.0. The van der Waals surface area contributed by atoms with Crippen molar-refractivity contribution in [2.45, 2.75) is 0 Å². The first kappa shape index (κ1) is 14.2. The summed E-state index contributed by atoms with van der Waals surface area (Å²) in [5.74, 6) is -0.343. The van der Waals surface area contributed by atoms with Gasteiger partial charge in [0, 0.05) is 11.3 Å². The summed E-state index contributed by atoms with van der Waals surface area (Å²) in [5, 5.41) is 21.3. The molecule has 0 spiro atoms. The molecule has 0 aliphatic rings. The normalized spacial score (nSPS) is 10.1. The summed E-state index contributed by atoms with van der Waals surface area (Å²) in [6.07, 6.45) is 0. The van der Waals surface area contributed by atoms with Gasteiger partial charge in [0.25, 0.3) is 5.91 Å². The molecule has 0 saturated heterocycles. The van der Waals surface area contributed by atoms with Crippen LogP contribution >= 0.6 is 15.9 Å². The number of aromatic hydroxyl groups is 2. The van der Waals surface area contributed by atoms with Crippen molar-refractivity contribution in [2.24, 2.45) is 0 Å². The lowest BCUT2D eigenvalue weighted by Crippen LogP contribution is -2.11. The third-order valence-corrected chi connectivity index (χ3v) is 3.27. The average Bonchev–Trinajstić information content (AvgIpc) is 2.42. The monoisotopic (exact) mass is 337 g/mol. The molecule has 0 aliphatic heterocycles. The molecule has 0 unspecified atom stereocenters. The second kappa shape index (κ2) is 5.83. The fourth-order valence-corrected chi connectivity index (χ4v) is 2.15. The SMILES string of the molecule is COc1ccc(NC(=O)c2ccc(O)c(O)c2)cc1Br. The Labute approximate surface area is 123 Å². The summed E-state index contributed by atoms with van der Waals surface area (Å²) in [7, 11) is 1.55. The average molecular weight is 338 g/mol. The molecule has 0 heterocycles. The van der Waals surface area contributed by atoms with Crippen LogP contribution in [0.1, 0.15) is 10.4 Å². The Hall–Kier alpha value is -2.21. The second-order valence-corrected chi connectivity index (χ2v) is 4.86. The molecular weight excluding hydrogens is 326 g/mol. The molecule has 0 aromatic heterocycles. The van der Waals surface area contributed by atoms with E-state index in [0.717, 1.165) is 0 Å². The molecule has 0 fully saturated rings. The number of amides is 1. The maximum absolute atomic E-state index is 12.0. The molecule has 6 heteroatoms. The number of rotatable bonds is 3. The van der Waals surface area contributed by atoms with Crippen molar-refractivity contribution in [1.82, 2.24) is 0 Å². The van der Waals surface area contributed by atoms with Crippen LogP contribution in [-0.2, 0) is 0 Å². The summed E-state index contributed by atoms with van der Waals surface area (Å²) in [6.45, 7) is 0. The lowest BCUT2D eigenvalue weighted by atomic mass is 10.2. The van der Waals surface area contributed by atoms with Gasteiger partial charge in [-0.15, -0.1) is 0 Å². The standard InChI is InChI=1S/C14H12BrNO4/c1-20-13-5-3-9(7-10(13)15)16-14(19)8-2-4-11(17)12(18)6-8/h2-7,17-18H,1H3,(H,16,19). The number of phenols is 2. The van der Waals surface area contributed by atoms with E-state index in [-0.39, 0.29) is 17.1 Å². The summed E-state index contributed by atoms with van der Waals surface area (Å²) in [6, 6.07) is 8.99. The number of nitrogens with one attached hydrogen (secondary N) is 1. The Morgan fingerprint density at radius 3 is 2.50 bits per heavy atom. The number of benzene rings is 2. The zero-order chi connectivity index (χ0) is 14.7. The third kappa shape index (κ3) is 3.03. The number of hydrogen-bond acceptors (Lipinski definition) is 4. The van der Waals surface area contributed by atoms with Crippen LogP contribution in [0.15, 0.2) is 40.9 Å². The van der Waals surface area contributed by atoms with E-state index < -0.39 is 5.91 Å². The summed E-state index contributed by atoms with van der Waals surface area (Å²) in [5.41, 5.74) is 0.822. The Balaban J connectivity index is 2.19. The number of carbonyl (C=O) groups is 1. The largest absolute Gasteiger partial charge is 0.504 e. The topological polar surface area (TPSA) is 78.8 Å². The van der Waals surface area contributed by atoms with Crippen LogP contribution in [-0.4, -0.2) is 23.2 Å². The molecular formula is C14H12BrNO4. The van der Waals surface area contributed by atoms with Crippen LogP contribution in [0.3, 0.4) is 0 Å². The maximum Gasteiger partial charge on any atom is 0.255 e. The first-order valence-electron chi connectivity index (χ1n) is 5.68. The van der Waals surface area contributed by atoms with Gasteiger partial charge >= 0.3 is 0 Å². The summed E-state index contributed by atoms with van der Waals surface area (Å²) < 4.78 is 5.81. The minimum absolute atomic E-state index is 0.243. The van der Waals surface area contributed by atoms with Crippen molar-refractivity contribution in [2.75, 3.05) is 12.4 Å². The molecule has 0 bridgehead atoms. The van der Waals surface area contributed by atoms with Crippen molar-refractivity contribution in [3.05, 3.63) is 46.4 Å². The predicted octanol–water partition coefficient (Wildman–Crippen LogP) is 3.12. The Morgan fingerprint density at radius 1 is 1.15 bits per heavy atom. The van der Waals surface area contributed by atoms with E-state index >= 15 is 0 Å². The molecule has 1 amide bonds. The molecule has 2 rings (SSSR count). The van der Waals surface area contributed by atoms with E-state index in [1.54, 1.807) is 25.3 Å². The smallest absolute Gasteiger partial charge is 0.255 e. The number of methoxy groups -OCH3 is 1. The van der Waals surface area contributed by atoms with Gasteiger partial charge in [-0.1, -0.05) is 0 Å². The number of anilines is 1. The van der Waals surface area contributed by atoms with Crippen molar-refractivity contribution < 1.29 is 19.7 Å². The van der Waals surface area contributed by atoms with Gasteiger partial charge in [0.15, 0.2) is 11.5 Å². The van der Waals surface area contributed by atoms with Crippen LogP contribution in [0, 0.1) is 0 Å². The van der Waals surface area contributed by atoms with E-state index in [9.17, 15) is 15.0 Å². The van der Waals surface area contributed by atoms with Gasteiger partial charge in [-0.2, -0.15) is 0 Å². The quantitative estimate of drug-likeness (QED) is 0.752. The number of carbonyl (C=O) groups excluding carboxylic acids is 1. The Morgan fingerprint density at radius 2 is 1.90 bits per heavy atom. The molecule has 3 N–H and O–H groups in total. The van der Waals surface area contributed by atoms with E-state index in [0.29, 0.717) is 15.9 Å². The highest BCUT2D eigenvalue weighted by molar-refractivity contribution is 9.10. The lowest BCUT2D eigenvalue weighted by Gasteiger charge is -2.08. The van der Waals surface area contributed by atoms with Gasteiger partial charge in [-0.3, -0.25) is 4.79 Å². The molecule has 0 radical (unpaired) electrons. The molecule has 0 atom stereocenters. The Kier molecular flexibility index (Phi) is 4.14. The van der Waals surface area contributed by atoms with Gasteiger partial charge in [0.1, 0.15) is 5.75 Å². The summed E-state index contributed by atoms with van der Waals surface area (Å²) in [4.78, 5) is 12.0. The predicted molar refractivity (Wildman–Crippen MR) is 78.4 cm³/mol. The molecule has 0 aliphatic carbocycles. The van der Waals surface area contributed by atoms with E-state index in [2.05, 4.69) is 21.2 Å². The minimum atomic E-state index is -0.391. The summed E-state index contributed by atoms with van der Waals surface area (Å²) >= 11 is 3.33. The van der Waals surface area contributed by atoms with Crippen molar-refractivity contribution >= 4 is 27.5 Å². The lowest BCUT2D eigenvalue weighted by molar-refractivity contribution is 0.102. The van der Waals surface area contributed by atoms with Crippen LogP contribution in [0.4, 0.5) is 5.69 Å². The third-order valence-electron chi connectivity index (χ3n) is 2.65. The van der Waals surface area contributed by atoms with Gasteiger partial charge in [0.05, 0.1) is 11.6 Å². The highest BCUT2D eigenvalue weighted by atomic mass is 79.9. The van der Waals surface area contributed by atoms with E-state index in [1.807, 2.05) is 0 Å². The highest BCUT2D eigenvalue weighted by Crippen LogP contribution is 2.29. The van der Waals surface area contributed by atoms with Gasteiger partial charge in [-0.05, 0) is 52.3 Å². The van der Waals surface area contributed by atoms with Gasteiger partial charge < -0.3 is 20.3 Å². The highest BCUT2D eigenvalue weighted by Gasteiger charge is 2.10. The van der Waals surface area contributed by atoms with Gasteiger partial charge in [-0.25, -0.2) is 0 Å². The van der Waals surface area contributed by atoms with Crippen molar-refractivity contribution in [3.8, 4) is 17.2 Å². The number of phenolic OH excluding ortho intramolecular Hbond substituents is 2. The second-order valence-electron chi connectivity index (χ2n) is 4.01. The zero-order valence-corrected chi connectivity index (χ0v) is 12.1. The fourth-order valence-electron chi connectivity index (χ4n) is 1.61. The van der Waals surface area contributed by atoms with Crippen LogP contribution < -0.4 is 10.1 Å². The van der Waals surface area contributed by atoms with Crippen molar-refractivity contribution in [1.29, 1.82) is 0 Å². The van der Waals surface area contributed by atoms with Crippen LogP contribution in [0.25, 0.3) is 0 Å².